The van der Waals surface area contributed by atoms with Crippen LogP contribution in [0, 0.1) is 11.3 Å². The lowest BCUT2D eigenvalue weighted by atomic mass is 10.1. The van der Waals surface area contributed by atoms with Crippen molar-refractivity contribution in [2.45, 2.75) is 9.92 Å². The number of anilines is 1. The highest BCUT2D eigenvalue weighted by Crippen LogP contribution is 2.38. The maximum atomic E-state index is 12.5. The molecule has 0 N–H and O–H groups in total. The monoisotopic (exact) mass is 411 g/mol. The lowest BCUT2D eigenvalue weighted by molar-refractivity contribution is -0.140. The van der Waals surface area contributed by atoms with Gasteiger partial charge < -0.3 is 19.1 Å². The van der Waals surface area contributed by atoms with Gasteiger partial charge in [-0.15, -0.1) is 0 Å². The zero-order valence-corrected chi connectivity index (χ0v) is 16.6. The minimum absolute atomic E-state index is 0.0375. The van der Waals surface area contributed by atoms with Crippen molar-refractivity contribution in [3.05, 3.63) is 59.4 Å². The van der Waals surface area contributed by atoms with E-state index in [4.69, 9.17) is 14.2 Å². The summed E-state index contributed by atoms with van der Waals surface area (Å²) < 4.78 is 15.2. The fourth-order valence-electron chi connectivity index (χ4n) is 2.76. The van der Waals surface area contributed by atoms with Gasteiger partial charge in [0.2, 0.25) is 0 Å². The molecule has 2 aromatic rings. The number of hydrogen-bond donors (Lipinski definition) is 0. The number of nitrogens with zero attached hydrogens (tertiary/aromatic N) is 3. The first-order valence-corrected chi connectivity index (χ1v) is 9.29. The predicted molar refractivity (Wildman–Crippen MR) is 104 cm³/mol. The summed E-state index contributed by atoms with van der Waals surface area (Å²) in [7, 11) is 2.48. The van der Waals surface area contributed by atoms with Gasteiger partial charge in [0, 0.05) is 11.1 Å². The predicted octanol–water partition coefficient (Wildman–Crippen LogP) is 2.50. The van der Waals surface area contributed by atoms with Crippen molar-refractivity contribution < 1.29 is 23.8 Å². The average Bonchev–Trinajstić information content (AvgIpc) is 2.78. The molecule has 2 heterocycles. The molecule has 148 valence electrons. The van der Waals surface area contributed by atoms with Crippen LogP contribution in [0.3, 0.4) is 0 Å². The first kappa shape index (κ1) is 20.4. The van der Waals surface area contributed by atoms with Gasteiger partial charge in [0.15, 0.2) is 0 Å². The summed E-state index contributed by atoms with van der Waals surface area (Å²) in [6.07, 6.45) is 1.60. The molecule has 0 amide bonds. The minimum Gasteiger partial charge on any atom is -0.466 e. The zero-order valence-electron chi connectivity index (χ0n) is 15.7. The molecule has 0 unspecified atom stereocenters. The molecule has 1 aromatic carbocycles. The van der Waals surface area contributed by atoms with Gasteiger partial charge in [0.05, 0.1) is 37.7 Å². The van der Waals surface area contributed by atoms with Gasteiger partial charge in [0.25, 0.3) is 0 Å². The standard InChI is InChI=1S/C20H17N3O5S/c1-26-19(24)14-11-28-12-23(17(14)20(25)27-2)15-7-3-4-8-16(15)29-18-13(10-21)6-5-9-22-18/h3-9H,11-12H2,1-2H3. The molecule has 0 spiro atoms. The van der Waals surface area contributed by atoms with Gasteiger partial charge in [-0.25, -0.2) is 14.6 Å². The first-order valence-electron chi connectivity index (χ1n) is 8.47. The number of carbonyl (C=O) groups excluding carboxylic acids is 2. The van der Waals surface area contributed by atoms with Crippen molar-refractivity contribution in [1.29, 1.82) is 5.26 Å². The second-order valence-corrected chi connectivity index (χ2v) is 6.78. The highest BCUT2D eigenvalue weighted by Gasteiger charge is 2.33. The molecule has 1 aliphatic heterocycles. The molecule has 0 fully saturated rings. The van der Waals surface area contributed by atoms with Crippen molar-refractivity contribution in [2.75, 3.05) is 32.5 Å². The Bertz CT molecular complexity index is 1020. The normalized spacial score (nSPS) is 13.6. The van der Waals surface area contributed by atoms with Crippen LogP contribution in [-0.2, 0) is 23.8 Å². The van der Waals surface area contributed by atoms with Gasteiger partial charge in [-0.05, 0) is 24.3 Å². The van der Waals surface area contributed by atoms with E-state index in [0.717, 1.165) is 4.90 Å². The molecule has 0 radical (unpaired) electrons. The van der Waals surface area contributed by atoms with E-state index in [2.05, 4.69) is 11.1 Å². The van der Waals surface area contributed by atoms with Crippen LogP contribution in [0.25, 0.3) is 0 Å². The molecule has 0 saturated heterocycles. The van der Waals surface area contributed by atoms with E-state index in [1.54, 1.807) is 35.4 Å². The van der Waals surface area contributed by atoms with Crippen molar-refractivity contribution in [1.82, 2.24) is 4.98 Å². The van der Waals surface area contributed by atoms with Crippen molar-refractivity contribution in [3.8, 4) is 6.07 Å². The third-order valence-corrected chi connectivity index (χ3v) is 5.17. The SMILES string of the molecule is COC(=O)C1=C(C(=O)OC)N(c2ccccc2Sc2ncccc2C#N)COC1. The van der Waals surface area contributed by atoms with E-state index >= 15 is 0 Å². The maximum Gasteiger partial charge on any atom is 0.355 e. The molecule has 29 heavy (non-hydrogen) atoms. The molecule has 0 aliphatic carbocycles. The smallest absolute Gasteiger partial charge is 0.355 e. The fourth-order valence-corrected chi connectivity index (χ4v) is 3.74. The van der Waals surface area contributed by atoms with Gasteiger partial charge in [-0.2, -0.15) is 5.26 Å². The van der Waals surface area contributed by atoms with Crippen molar-refractivity contribution in [3.63, 3.8) is 0 Å². The van der Waals surface area contributed by atoms with Gasteiger partial charge in [0.1, 0.15) is 23.5 Å². The Morgan fingerprint density at radius 3 is 2.66 bits per heavy atom. The number of benzene rings is 1. The summed E-state index contributed by atoms with van der Waals surface area (Å²) in [5.74, 6) is -1.35. The third kappa shape index (κ3) is 4.23. The van der Waals surface area contributed by atoms with E-state index in [1.807, 2.05) is 12.1 Å². The average molecular weight is 411 g/mol. The van der Waals surface area contributed by atoms with Crippen LogP contribution in [0.1, 0.15) is 5.56 Å². The number of pyridine rings is 1. The fraction of sp³-hybridized carbons (Fsp3) is 0.200. The van der Waals surface area contributed by atoms with Crippen LogP contribution in [0.15, 0.2) is 63.8 Å². The maximum absolute atomic E-state index is 12.5. The van der Waals surface area contributed by atoms with Crippen LogP contribution in [-0.4, -0.2) is 44.5 Å². The van der Waals surface area contributed by atoms with E-state index in [-0.39, 0.29) is 24.6 Å². The number of ether oxygens (including phenoxy) is 3. The van der Waals surface area contributed by atoms with Crippen LogP contribution >= 0.6 is 11.8 Å². The molecule has 1 aliphatic rings. The Balaban J connectivity index is 2.09. The lowest BCUT2D eigenvalue weighted by Gasteiger charge is -2.32. The second kappa shape index (κ2) is 9.23. The van der Waals surface area contributed by atoms with Crippen LogP contribution in [0.2, 0.25) is 0 Å². The Kier molecular flexibility index (Phi) is 6.49. The Morgan fingerprint density at radius 2 is 1.93 bits per heavy atom. The summed E-state index contributed by atoms with van der Waals surface area (Å²) in [6.45, 7) is -0.0302. The number of carbonyl (C=O) groups is 2. The number of nitriles is 1. The van der Waals surface area contributed by atoms with Gasteiger partial charge in [-0.1, -0.05) is 23.9 Å². The Morgan fingerprint density at radius 1 is 1.17 bits per heavy atom. The minimum atomic E-state index is -0.677. The van der Waals surface area contributed by atoms with Crippen molar-refractivity contribution >= 4 is 29.4 Å². The number of para-hydroxylation sites is 1. The Hall–Kier alpha value is -3.35. The summed E-state index contributed by atoms with van der Waals surface area (Å²) in [4.78, 5) is 31.2. The summed E-state index contributed by atoms with van der Waals surface area (Å²) >= 11 is 1.27. The summed E-state index contributed by atoms with van der Waals surface area (Å²) in [5.41, 5.74) is 1.16. The zero-order chi connectivity index (χ0) is 20.8. The molecular formula is C20H17N3O5S. The van der Waals surface area contributed by atoms with Gasteiger partial charge >= 0.3 is 11.9 Å². The van der Waals surface area contributed by atoms with Crippen LogP contribution in [0.4, 0.5) is 5.69 Å². The number of esters is 2. The highest BCUT2D eigenvalue weighted by atomic mass is 32.2. The lowest BCUT2D eigenvalue weighted by Crippen LogP contribution is -2.39. The summed E-state index contributed by atoms with van der Waals surface area (Å²) in [6, 6.07) is 12.7. The molecule has 9 heteroatoms. The highest BCUT2D eigenvalue weighted by molar-refractivity contribution is 7.99. The molecule has 0 atom stereocenters. The quantitative estimate of drug-likeness (QED) is 0.687. The van der Waals surface area contributed by atoms with Crippen molar-refractivity contribution in [2.24, 2.45) is 0 Å². The van der Waals surface area contributed by atoms with E-state index in [0.29, 0.717) is 16.3 Å². The molecular weight excluding hydrogens is 394 g/mol. The first-order chi connectivity index (χ1) is 14.1. The van der Waals surface area contributed by atoms with Crippen LogP contribution in [0.5, 0.6) is 0 Å². The number of methoxy groups -OCH3 is 2. The number of aromatic nitrogens is 1. The van der Waals surface area contributed by atoms with Gasteiger partial charge in [-0.3, -0.25) is 0 Å². The van der Waals surface area contributed by atoms with E-state index in [1.165, 1.54) is 26.0 Å². The number of hydrogen-bond acceptors (Lipinski definition) is 9. The molecule has 0 saturated carbocycles. The molecule has 0 bridgehead atoms. The van der Waals surface area contributed by atoms with E-state index < -0.39 is 11.9 Å². The second-order valence-electron chi connectivity index (χ2n) is 5.75. The number of rotatable bonds is 5. The van der Waals surface area contributed by atoms with Crippen LogP contribution < -0.4 is 4.90 Å². The topological polar surface area (TPSA) is 102 Å². The largest absolute Gasteiger partial charge is 0.466 e. The van der Waals surface area contributed by atoms with E-state index in [9.17, 15) is 14.9 Å². The Labute approximate surface area is 171 Å². The third-order valence-electron chi connectivity index (χ3n) is 4.09. The molecule has 1 aromatic heterocycles. The molecule has 8 nitrogen and oxygen atoms in total. The molecule has 3 rings (SSSR count). The summed E-state index contributed by atoms with van der Waals surface area (Å²) in [5, 5.41) is 9.86.